The van der Waals surface area contributed by atoms with Crippen LogP contribution in [0.15, 0.2) is 48.7 Å². The Hall–Kier alpha value is -3.27. The zero-order valence-corrected chi connectivity index (χ0v) is 22.3. The molecule has 2 aromatic heterocycles. The van der Waals surface area contributed by atoms with Crippen LogP contribution in [0.3, 0.4) is 0 Å². The molecule has 0 aliphatic carbocycles. The average molecular weight is 535 g/mol. The number of carbonyl (C=O) groups is 1. The van der Waals surface area contributed by atoms with Crippen LogP contribution in [0.2, 0.25) is 0 Å². The van der Waals surface area contributed by atoms with Crippen molar-refractivity contribution in [2.45, 2.75) is 45.2 Å². The van der Waals surface area contributed by atoms with Crippen molar-refractivity contribution in [1.29, 1.82) is 0 Å². The van der Waals surface area contributed by atoms with E-state index in [1.54, 1.807) is 0 Å². The quantitative estimate of drug-likeness (QED) is 0.308. The molecule has 0 atom stereocenters. The molecule has 3 N–H and O–H groups in total. The van der Waals surface area contributed by atoms with Crippen molar-refractivity contribution >= 4 is 35.0 Å². The van der Waals surface area contributed by atoms with Gasteiger partial charge in [-0.15, -0.1) is 17.5 Å². The van der Waals surface area contributed by atoms with Crippen LogP contribution in [-0.2, 0) is 13.1 Å². The highest BCUT2D eigenvalue weighted by molar-refractivity contribution is 6.05. The molecule has 2 fully saturated rings. The van der Waals surface area contributed by atoms with Gasteiger partial charge in [-0.2, -0.15) is 0 Å². The number of H-pyrrole nitrogens is 1. The highest BCUT2D eigenvalue weighted by atomic mass is 35.5. The molecule has 10 heteroatoms. The van der Waals surface area contributed by atoms with Gasteiger partial charge in [0, 0.05) is 23.4 Å². The number of nitrogens with one attached hydrogen (secondary N) is 3. The first-order chi connectivity index (χ1) is 18.2. The SMILES string of the molecule is Cl.O=C(Nc1ccc2[nH]c(CN3CCCC3)nc2c1)c1ccc(-c2cn(CCC3CCNCC3)nn2)cc1. The van der Waals surface area contributed by atoms with Gasteiger partial charge in [0.15, 0.2) is 0 Å². The molecule has 2 aliphatic rings. The largest absolute Gasteiger partial charge is 0.341 e. The summed E-state index contributed by atoms with van der Waals surface area (Å²) >= 11 is 0. The van der Waals surface area contributed by atoms with Gasteiger partial charge in [-0.25, -0.2) is 4.98 Å². The van der Waals surface area contributed by atoms with Crippen LogP contribution in [0.1, 0.15) is 48.3 Å². The number of halogens is 1. The zero-order valence-electron chi connectivity index (χ0n) is 21.5. The maximum atomic E-state index is 12.9. The van der Waals surface area contributed by atoms with Crippen LogP contribution < -0.4 is 10.6 Å². The number of amides is 1. The van der Waals surface area contributed by atoms with Crippen molar-refractivity contribution in [1.82, 2.24) is 35.2 Å². The number of hydrogen-bond acceptors (Lipinski definition) is 6. The average Bonchev–Trinajstić information content (AvgIpc) is 3.69. The Morgan fingerprint density at radius 1 is 1.05 bits per heavy atom. The van der Waals surface area contributed by atoms with Gasteiger partial charge in [0.05, 0.1) is 23.8 Å². The summed E-state index contributed by atoms with van der Waals surface area (Å²) in [5, 5.41) is 15.1. The molecule has 4 aromatic rings. The van der Waals surface area contributed by atoms with Crippen molar-refractivity contribution in [2.75, 3.05) is 31.5 Å². The van der Waals surface area contributed by atoms with Crippen molar-refractivity contribution in [2.24, 2.45) is 5.92 Å². The summed E-state index contributed by atoms with van der Waals surface area (Å²) in [6.07, 6.45) is 8.12. The van der Waals surface area contributed by atoms with Gasteiger partial charge in [-0.1, -0.05) is 17.3 Å². The third-order valence-corrected chi connectivity index (χ3v) is 7.57. The lowest BCUT2D eigenvalue weighted by molar-refractivity contribution is 0.102. The minimum Gasteiger partial charge on any atom is -0.341 e. The maximum Gasteiger partial charge on any atom is 0.255 e. The molecule has 2 aromatic carbocycles. The summed E-state index contributed by atoms with van der Waals surface area (Å²) in [6.45, 7) is 6.23. The number of imidazole rings is 1. The number of carbonyl (C=O) groups excluding carboxylic acids is 1. The van der Waals surface area contributed by atoms with E-state index in [1.807, 2.05) is 53.3 Å². The lowest BCUT2D eigenvalue weighted by Crippen LogP contribution is -2.28. The van der Waals surface area contributed by atoms with Crippen LogP contribution in [0.5, 0.6) is 0 Å². The third-order valence-electron chi connectivity index (χ3n) is 7.57. The van der Waals surface area contributed by atoms with Crippen LogP contribution in [0, 0.1) is 5.92 Å². The molecule has 38 heavy (non-hydrogen) atoms. The van der Waals surface area contributed by atoms with Crippen molar-refractivity contribution < 1.29 is 4.79 Å². The number of rotatable bonds is 8. The molecular formula is C28H35ClN8O. The molecule has 0 saturated carbocycles. The molecule has 0 radical (unpaired) electrons. The topological polar surface area (TPSA) is 104 Å². The van der Waals surface area contributed by atoms with Gasteiger partial charge in [0.1, 0.15) is 11.5 Å². The first kappa shape index (κ1) is 26.3. The maximum absolute atomic E-state index is 12.9. The fraction of sp³-hybridized carbons (Fsp3) is 0.429. The Kier molecular flexibility index (Phi) is 8.36. The summed E-state index contributed by atoms with van der Waals surface area (Å²) < 4.78 is 1.93. The van der Waals surface area contributed by atoms with E-state index >= 15 is 0 Å². The van der Waals surface area contributed by atoms with E-state index in [1.165, 1.54) is 25.7 Å². The number of likely N-dealkylation sites (tertiary alicyclic amines) is 1. The lowest BCUT2D eigenvalue weighted by Gasteiger charge is -2.22. The number of aromatic amines is 1. The highest BCUT2D eigenvalue weighted by Crippen LogP contribution is 2.22. The van der Waals surface area contributed by atoms with E-state index < -0.39 is 0 Å². The van der Waals surface area contributed by atoms with Crippen molar-refractivity contribution in [3.8, 4) is 11.3 Å². The van der Waals surface area contributed by atoms with E-state index in [0.717, 1.165) is 85.4 Å². The fourth-order valence-corrected chi connectivity index (χ4v) is 5.38. The Balaban J connectivity index is 0.00000294. The highest BCUT2D eigenvalue weighted by Gasteiger charge is 2.16. The summed E-state index contributed by atoms with van der Waals surface area (Å²) in [5.74, 6) is 1.58. The van der Waals surface area contributed by atoms with Crippen LogP contribution in [0.4, 0.5) is 5.69 Å². The van der Waals surface area contributed by atoms with Gasteiger partial charge in [-0.3, -0.25) is 14.4 Å². The summed E-state index contributed by atoms with van der Waals surface area (Å²) in [7, 11) is 0. The van der Waals surface area contributed by atoms with Gasteiger partial charge >= 0.3 is 0 Å². The predicted octanol–water partition coefficient (Wildman–Crippen LogP) is 4.48. The summed E-state index contributed by atoms with van der Waals surface area (Å²) in [4.78, 5) is 23.4. The molecule has 6 rings (SSSR count). The Bertz CT molecular complexity index is 1350. The first-order valence-electron chi connectivity index (χ1n) is 13.4. The minimum atomic E-state index is -0.149. The predicted molar refractivity (Wildman–Crippen MR) is 151 cm³/mol. The number of nitrogens with zero attached hydrogens (tertiary/aromatic N) is 5. The molecule has 0 unspecified atom stereocenters. The van der Waals surface area contributed by atoms with Crippen molar-refractivity contribution in [3.63, 3.8) is 0 Å². The monoisotopic (exact) mass is 534 g/mol. The second-order valence-electron chi connectivity index (χ2n) is 10.3. The van der Waals surface area contributed by atoms with E-state index in [-0.39, 0.29) is 18.3 Å². The number of hydrogen-bond donors (Lipinski definition) is 3. The lowest BCUT2D eigenvalue weighted by atomic mass is 9.95. The molecule has 0 bridgehead atoms. The van der Waals surface area contributed by atoms with Gasteiger partial charge < -0.3 is 15.6 Å². The molecule has 2 aliphatic heterocycles. The molecule has 4 heterocycles. The standard InChI is InChI=1S/C28H34N8O.ClH/c37-28(30-23-7-8-24-25(17-23)32-27(31-24)19-35-14-1-2-15-35)22-5-3-21(4-6-22)26-18-36(34-33-26)16-11-20-9-12-29-13-10-20;/h3-8,17-18,20,29H,1-2,9-16,19H2,(H,30,37)(H,31,32);1H. The third kappa shape index (κ3) is 6.23. The van der Waals surface area contributed by atoms with Crippen LogP contribution in [0.25, 0.3) is 22.3 Å². The molecule has 1 amide bonds. The minimum absolute atomic E-state index is 0. The molecule has 2 saturated heterocycles. The van der Waals surface area contributed by atoms with Crippen LogP contribution >= 0.6 is 12.4 Å². The number of anilines is 1. The molecule has 9 nitrogen and oxygen atoms in total. The number of aromatic nitrogens is 5. The molecular weight excluding hydrogens is 500 g/mol. The summed E-state index contributed by atoms with van der Waals surface area (Å²) in [6, 6.07) is 13.3. The Morgan fingerprint density at radius 2 is 1.84 bits per heavy atom. The van der Waals surface area contributed by atoms with E-state index in [4.69, 9.17) is 4.98 Å². The Morgan fingerprint density at radius 3 is 2.63 bits per heavy atom. The number of aryl methyl sites for hydroxylation is 1. The normalized spacial score (nSPS) is 16.5. The van der Waals surface area contributed by atoms with Gasteiger partial charge in [0.2, 0.25) is 0 Å². The number of benzene rings is 2. The van der Waals surface area contributed by atoms with Crippen molar-refractivity contribution in [3.05, 3.63) is 60.0 Å². The summed E-state index contributed by atoms with van der Waals surface area (Å²) in [5.41, 5.74) is 4.96. The second-order valence-corrected chi connectivity index (χ2v) is 10.3. The van der Waals surface area contributed by atoms with Gasteiger partial charge in [0.25, 0.3) is 5.91 Å². The molecule has 0 spiro atoms. The number of fused-ring (bicyclic) bond motifs is 1. The van der Waals surface area contributed by atoms with Crippen LogP contribution in [-0.4, -0.2) is 61.9 Å². The van der Waals surface area contributed by atoms with E-state index in [0.29, 0.717) is 5.56 Å². The first-order valence-corrected chi connectivity index (χ1v) is 13.4. The smallest absolute Gasteiger partial charge is 0.255 e. The Labute approximate surface area is 228 Å². The fourth-order valence-electron chi connectivity index (χ4n) is 5.38. The molecule has 200 valence electrons. The van der Waals surface area contributed by atoms with Gasteiger partial charge in [-0.05, 0) is 94.5 Å². The second kappa shape index (κ2) is 12.1. The number of piperidine rings is 1. The van der Waals surface area contributed by atoms with E-state index in [9.17, 15) is 4.79 Å². The van der Waals surface area contributed by atoms with E-state index in [2.05, 4.69) is 30.8 Å². The zero-order chi connectivity index (χ0) is 25.0.